The van der Waals surface area contributed by atoms with E-state index in [1.807, 2.05) is 20.8 Å². The summed E-state index contributed by atoms with van der Waals surface area (Å²) in [6.07, 6.45) is 1.85. The van der Waals surface area contributed by atoms with Crippen molar-refractivity contribution in [3.8, 4) is 0 Å². The molecule has 6 heteroatoms. The van der Waals surface area contributed by atoms with Gasteiger partial charge in [-0.05, 0) is 92.9 Å². The van der Waals surface area contributed by atoms with Gasteiger partial charge in [-0.3, -0.25) is 14.4 Å². The average Bonchev–Trinajstić information content (AvgIpc) is 3.09. The van der Waals surface area contributed by atoms with E-state index >= 15 is 0 Å². The number of hydrogen-bond acceptors (Lipinski definition) is 6. The molecule has 2 bridgehead atoms. The Morgan fingerprint density at radius 3 is 1.69 bits per heavy atom. The van der Waals surface area contributed by atoms with Crippen LogP contribution in [0.15, 0.2) is 0 Å². The van der Waals surface area contributed by atoms with Gasteiger partial charge < -0.3 is 14.2 Å². The molecule has 2 rings (SSSR count). The summed E-state index contributed by atoms with van der Waals surface area (Å²) >= 11 is 0. The van der Waals surface area contributed by atoms with Gasteiger partial charge in [-0.1, -0.05) is 6.92 Å². The fourth-order valence-corrected chi connectivity index (χ4v) is 4.19. The molecule has 3 unspecified atom stereocenters. The molecule has 0 radical (unpaired) electrons. The van der Waals surface area contributed by atoms with Crippen molar-refractivity contribution in [3.05, 3.63) is 0 Å². The fourth-order valence-electron chi connectivity index (χ4n) is 4.19. The summed E-state index contributed by atoms with van der Waals surface area (Å²) in [6, 6.07) is 0. The highest BCUT2D eigenvalue weighted by Gasteiger charge is 2.66. The van der Waals surface area contributed by atoms with E-state index in [1.54, 1.807) is 41.5 Å². The zero-order valence-corrected chi connectivity index (χ0v) is 19.5. The quantitative estimate of drug-likeness (QED) is 0.379. The van der Waals surface area contributed by atoms with Crippen molar-refractivity contribution in [2.24, 2.45) is 22.7 Å². The van der Waals surface area contributed by atoms with Gasteiger partial charge in [0, 0.05) is 0 Å². The third-order valence-electron chi connectivity index (χ3n) is 6.13. The summed E-state index contributed by atoms with van der Waals surface area (Å²) < 4.78 is 17.1. The van der Waals surface area contributed by atoms with Crippen LogP contribution in [0.1, 0.15) is 88.0 Å². The van der Waals surface area contributed by atoms with Crippen molar-refractivity contribution in [2.45, 2.75) is 105 Å². The average molecular weight is 411 g/mol. The second-order valence-corrected chi connectivity index (χ2v) is 11.3. The maximum Gasteiger partial charge on any atom is 0.324 e. The summed E-state index contributed by atoms with van der Waals surface area (Å²) in [7, 11) is 0. The summed E-state index contributed by atoms with van der Waals surface area (Å²) in [5.41, 5.74) is -3.28. The molecule has 29 heavy (non-hydrogen) atoms. The Labute approximate surface area is 175 Å². The highest BCUT2D eigenvalue weighted by Crippen LogP contribution is 2.58. The molecular weight excluding hydrogens is 372 g/mol. The Morgan fingerprint density at radius 1 is 0.862 bits per heavy atom. The standard InChI is InChI=1S/C23H38O6/c1-10-22(8,9)17(24)27-16-12-15-11-14(16)13-23(15,18(25)28-20(2,3)4)19(26)29-21(5,6)7/h14-16H,10-13H2,1-9H3. The second-order valence-electron chi connectivity index (χ2n) is 11.3. The van der Waals surface area contributed by atoms with Crippen molar-refractivity contribution >= 4 is 17.9 Å². The first kappa shape index (κ1) is 23.7. The van der Waals surface area contributed by atoms with Gasteiger partial charge in [0.2, 0.25) is 0 Å². The van der Waals surface area contributed by atoms with E-state index in [0.29, 0.717) is 25.7 Å². The highest BCUT2D eigenvalue weighted by atomic mass is 16.6. The molecule has 0 aromatic carbocycles. The van der Waals surface area contributed by atoms with Crippen LogP contribution in [0.3, 0.4) is 0 Å². The van der Waals surface area contributed by atoms with E-state index in [1.165, 1.54) is 0 Å². The minimum atomic E-state index is -1.32. The fraction of sp³-hybridized carbons (Fsp3) is 0.870. The van der Waals surface area contributed by atoms with Crippen LogP contribution >= 0.6 is 0 Å². The maximum absolute atomic E-state index is 13.2. The monoisotopic (exact) mass is 410 g/mol. The maximum atomic E-state index is 13.2. The second kappa shape index (κ2) is 7.59. The molecule has 3 atom stereocenters. The summed E-state index contributed by atoms with van der Waals surface area (Å²) in [5.74, 6) is -1.56. The van der Waals surface area contributed by atoms with Crippen molar-refractivity contribution in [2.75, 3.05) is 0 Å². The van der Waals surface area contributed by atoms with Gasteiger partial charge in [-0.15, -0.1) is 0 Å². The van der Waals surface area contributed by atoms with Crippen LogP contribution < -0.4 is 0 Å². The van der Waals surface area contributed by atoms with Crippen LogP contribution in [-0.4, -0.2) is 35.2 Å². The molecule has 0 heterocycles. The van der Waals surface area contributed by atoms with E-state index in [9.17, 15) is 14.4 Å². The lowest BCUT2D eigenvalue weighted by Crippen LogP contribution is -2.51. The third-order valence-corrected chi connectivity index (χ3v) is 6.13. The SMILES string of the molecule is CCC(C)(C)C(=O)OC1CC2CC1CC2(C(=O)OC(C)(C)C)C(=O)OC(C)(C)C. The first-order valence-electron chi connectivity index (χ1n) is 10.7. The van der Waals surface area contributed by atoms with Crippen LogP contribution in [0.2, 0.25) is 0 Å². The van der Waals surface area contributed by atoms with Crippen LogP contribution in [0.4, 0.5) is 0 Å². The Hall–Kier alpha value is -1.59. The van der Waals surface area contributed by atoms with Gasteiger partial charge in [0.25, 0.3) is 0 Å². The van der Waals surface area contributed by atoms with Crippen LogP contribution in [0.5, 0.6) is 0 Å². The molecule has 0 saturated heterocycles. The van der Waals surface area contributed by atoms with Gasteiger partial charge in [-0.2, -0.15) is 0 Å². The Morgan fingerprint density at radius 2 is 1.34 bits per heavy atom. The molecule has 0 aromatic rings. The molecule has 0 spiro atoms. The number of fused-ring (bicyclic) bond motifs is 2. The predicted octanol–water partition coefficient (Wildman–Crippen LogP) is 4.43. The lowest BCUT2D eigenvalue weighted by Gasteiger charge is -2.39. The van der Waals surface area contributed by atoms with E-state index in [2.05, 4.69) is 0 Å². The predicted molar refractivity (Wildman–Crippen MR) is 109 cm³/mol. The van der Waals surface area contributed by atoms with Crippen LogP contribution in [0, 0.1) is 22.7 Å². The summed E-state index contributed by atoms with van der Waals surface area (Å²) in [5, 5.41) is 0. The number of ether oxygens (including phenoxy) is 3. The molecule has 2 saturated carbocycles. The Balaban J connectivity index is 2.25. The Kier molecular flexibility index (Phi) is 6.20. The number of esters is 3. The van der Waals surface area contributed by atoms with Crippen molar-refractivity contribution in [3.63, 3.8) is 0 Å². The number of hydrogen-bond donors (Lipinski definition) is 0. The van der Waals surface area contributed by atoms with Gasteiger partial charge in [0.1, 0.15) is 17.3 Å². The zero-order chi connectivity index (χ0) is 22.4. The van der Waals surface area contributed by atoms with Crippen molar-refractivity contribution in [1.29, 1.82) is 0 Å². The van der Waals surface area contributed by atoms with E-state index in [0.717, 1.165) is 0 Å². The van der Waals surface area contributed by atoms with E-state index in [4.69, 9.17) is 14.2 Å². The van der Waals surface area contributed by atoms with Crippen molar-refractivity contribution in [1.82, 2.24) is 0 Å². The van der Waals surface area contributed by atoms with Gasteiger partial charge in [0.15, 0.2) is 5.41 Å². The first-order chi connectivity index (χ1) is 13.0. The molecule has 0 N–H and O–H groups in total. The lowest BCUT2D eigenvalue weighted by atomic mass is 9.72. The van der Waals surface area contributed by atoms with Crippen LogP contribution in [0.25, 0.3) is 0 Å². The number of rotatable bonds is 5. The molecule has 166 valence electrons. The zero-order valence-electron chi connectivity index (χ0n) is 19.5. The third kappa shape index (κ3) is 4.95. The summed E-state index contributed by atoms with van der Waals surface area (Å²) in [6.45, 7) is 16.4. The topological polar surface area (TPSA) is 78.9 Å². The van der Waals surface area contributed by atoms with E-state index < -0.39 is 34.0 Å². The highest BCUT2D eigenvalue weighted by molar-refractivity contribution is 6.01. The van der Waals surface area contributed by atoms with E-state index in [-0.39, 0.29) is 23.9 Å². The molecule has 0 amide bonds. The molecule has 0 aromatic heterocycles. The molecule has 2 fully saturated rings. The Bertz CT molecular complexity index is 636. The minimum Gasteiger partial charge on any atom is -0.462 e. The van der Waals surface area contributed by atoms with Gasteiger partial charge >= 0.3 is 17.9 Å². The number of carbonyl (C=O) groups is 3. The minimum absolute atomic E-state index is 0.0448. The molecule has 0 aliphatic heterocycles. The summed E-state index contributed by atoms with van der Waals surface area (Å²) in [4.78, 5) is 38.9. The molecule has 2 aliphatic carbocycles. The molecule has 2 aliphatic rings. The van der Waals surface area contributed by atoms with Crippen molar-refractivity contribution < 1.29 is 28.6 Å². The van der Waals surface area contributed by atoms with Gasteiger partial charge in [-0.25, -0.2) is 0 Å². The van der Waals surface area contributed by atoms with Gasteiger partial charge in [0.05, 0.1) is 5.41 Å². The molecular formula is C23H38O6. The smallest absolute Gasteiger partial charge is 0.324 e. The van der Waals surface area contributed by atoms with Crippen LogP contribution in [-0.2, 0) is 28.6 Å². The first-order valence-corrected chi connectivity index (χ1v) is 10.7. The lowest BCUT2D eigenvalue weighted by molar-refractivity contribution is -0.192. The normalized spacial score (nSPS) is 26.2. The number of carbonyl (C=O) groups excluding carboxylic acids is 3. The molecule has 6 nitrogen and oxygen atoms in total. The largest absolute Gasteiger partial charge is 0.462 e.